The number of carbonyl (C=O) groups is 3. The van der Waals surface area contributed by atoms with E-state index in [0.29, 0.717) is 5.06 Å². The number of imide groups is 1. The van der Waals surface area contributed by atoms with Crippen molar-refractivity contribution < 1.29 is 19.2 Å². The smallest absolute Gasteiger partial charge is 0.322 e. The van der Waals surface area contributed by atoms with Crippen LogP contribution in [0, 0.1) is 0 Å². The van der Waals surface area contributed by atoms with Gasteiger partial charge in [0.25, 0.3) is 11.8 Å². The topological polar surface area (TPSA) is 92.4 Å². The zero-order valence-corrected chi connectivity index (χ0v) is 11.8. The number of hydrogen-bond acceptors (Lipinski definition) is 5. The van der Waals surface area contributed by atoms with Crippen LogP contribution in [0.4, 0.5) is 0 Å². The number of hydrogen-bond donors (Lipinski definition) is 1. The predicted octanol–water partition coefficient (Wildman–Crippen LogP) is 1.73. The molecule has 0 atom stereocenters. The Morgan fingerprint density at radius 1 is 1.23 bits per heavy atom. The van der Waals surface area contributed by atoms with Gasteiger partial charge in [-0.25, -0.2) is 4.79 Å². The van der Waals surface area contributed by atoms with Crippen LogP contribution in [0.1, 0.15) is 50.2 Å². The molecule has 7 heteroatoms. The third kappa shape index (κ3) is 2.26. The lowest BCUT2D eigenvalue weighted by Crippen LogP contribution is -2.32. The highest BCUT2D eigenvalue weighted by Crippen LogP contribution is 2.23. The first kappa shape index (κ1) is 14.0. The molecule has 1 aliphatic heterocycles. The van der Waals surface area contributed by atoms with E-state index in [1.807, 2.05) is 6.92 Å². The van der Waals surface area contributed by atoms with Crippen molar-refractivity contribution in [2.24, 2.45) is 0 Å². The Kier molecular flexibility index (Phi) is 3.46. The fourth-order valence-electron chi connectivity index (χ4n) is 2.24. The third-order valence-corrected chi connectivity index (χ3v) is 3.29. The van der Waals surface area contributed by atoms with Crippen LogP contribution in [0.3, 0.4) is 0 Å². The van der Waals surface area contributed by atoms with Crippen molar-refractivity contribution in [1.82, 2.24) is 15.3 Å². The van der Waals surface area contributed by atoms with Crippen LogP contribution in [0.2, 0.25) is 0 Å². The van der Waals surface area contributed by atoms with E-state index in [1.54, 1.807) is 18.2 Å². The second kappa shape index (κ2) is 5.44. The van der Waals surface area contributed by atoms with Gasteiger partial charge in [0.2, 0.25) is 0 Å². The quantitative estimate of drug-likeness (QED) is 0.868. The van der Waals surface area contributed by atoms with E-state index < -0.39 is 17.8 Å². The van der Waals surface area contributed by atoms with Crippen LogP contribution in [-0.4, -0.2) is 33.0 Å². The Morgan fingerprint density at radius 3 is 2.45 bits per heavy atom. The van der Waals surface area contributed by atoms with Crippen molar-refractivity contribution >= 4 is 17.8 Å². The van der Waals surface area contributed by atoms with Gasteiger partial charge in [-0.1, -0.05) is 30.5 Å². The maximum atomic E-state index is 12.1. The summed E-state index contributed by atoms with van der Waals surface area (Å²) >= 11 is 0. The van der Waals surface area contributed by atoms with Crippen molar-refractivity contribution in [1.29, 1.82) is 0 Å². The molecule has 0 saturated heterocycles. The molecule has 0 unspecified atom stereocenters. The molecule has 1 N–H and O–H groups in total. The second-order valence-corrected chi connectivity index (χ2v) is 4.86. The van der Waals surface area contributed by atoms with Crippen molar-refractivity contribution in [3.8, 4) is 0 Å². The summed E-state index contributed by atoms with van der Waals surface area (Å²) in [5, 5.41) is 7.01. The lowest BCUT2D eigenvalue weighted by molar-refractivity contribution is -0.0588. The minimum absolute atomic E-state index is 0.0278. The molecule has 1 aromatic carbocycles. The molecule has 0 saturated carbocycles. The molecule has 112 valence electrons. The summed E-state index contributed by atoms with van der Waals surface area (Å²) in [5.41, 5.74) is 1.25. The first-order valence-electron chi connectivity index (χ1n) is 6.86. The Morgan fingerprint density at radius 2 is 1.86 bits per heavy atom. The molecule has 2 amide bonds. The molecule has 0 fully saturated rings. The number of aromatic nitrogens is 2. The van der Waals surface area contributed by atoms with Crippen LogP contribution in [0.25, 0.3) is 0 Å². The van der Waals surface area contributed by atoms with Gasteiger partial charge < -0.3 is 4.84 Å². The van der Waals surface area contributed by atoms with Gasteiger partial charge in [-0.3, -0.25) is 14.7 Å². The van der Waals surface area contributed by atoms with Crippen molar-refractivity contribution in [2.45, 2.75) is 19.8 Å². The van der Waals surface area contributed by atoms with Gasteiger partial charge in [0.1, 0.15) is 0 Å². The number of H-pyrrole nitrogens is 1. The Hall–Kier alpha value is -2.96. The van der Waals surface area contributed by atoms with E-state index in [4.69, 9.17) is 4.84 Å². The fraction of sp³-hybridized carbons (Fsp3) is 0.200. The van der Waals surface area contributed by atoms with Crippen molar-refractivity contribution in [3.63, 3.8) is 0 Å². The highest BCUT2D eigenvalue weighted by Gasteiger charge is 2.39. The second-order valence-electron chi connectivity index (χ2n) is 4.86. The normalized spacial score (nSPS) is 13.4. The number of amides is 2. The fourth-order valence-corrected chi connectivity index (χ4v) is 2.24. The zero-order valence-electron chi connectivity index (χ0n) is 11.8. The molecule has 1 aromatic heterocycles. The number of hydroxylamine groups is 2. The summed E-state index contributed by atoms with van der Waals surface area (Å²) in [6, 6.07) is 7.85. The Balaban J connectivity index is 1.77. The van der Waals surface area contributed by atoms with Gasteiger partial charge in [-0.2, -0.15) is 5.10 Å². The standard InChI is InChI=1S/C15H13N3O4/c1-2-5-9-8-12(17-16-9)15(21)22-18-13(19)10-6-3-4-7-11(10)14(18)20/h3-4,6-8H,2,5H2,1H3,(H,16,17). The maximum Gasteiger partial charge on any atom is 0.384 e. The maximum absolute atomic E-state index is 12.1. The molecule has 22 heavy (non-hydrogen) atoms. The van der Waals surface area contributed by atoms with Gasteiger partial charge in [0, 0.05) is 5.69 Å². The lowest BCUT2D eigenvalue weighted by atomic mass is 10.1. The number of carbonyl (C=O) groups excluding carboxylic acids is 3. The number of benzene rings is 1. The summed E-state index contributed by atoms with van der Waals surface area (Å²) in [6.45, 7) is 2.00. The molecule has 0 aliphatic carbocycles. The molecule has 0 spiro atoms. The van der Waals surface area contributed by atoms with E-state index in [1.165, 1.54) is 12.1 Å². The zero-order chi connectivity index (χ0) is 15.7. The molecule has 0 bridgehead atoms. The molecule has 0 radical (unpaired) electrons. The van der Waals surface area contributed by atoms with Crippen LogP contribution >= 0.6 is 0 Å². The molecule has 1 aliphatic rings. The SMILES string of the molecule is CCCc1cc(C(=O)ON2C(=O)c3ccccc3C2=O)n[nH]1. The summed E-state index contributed by atoms with van der Waals surface area (Å²) < 4.78 is 0. The number of aromatic amines is 1. The van der Waals surface area contributed by atoms with Crippen LogP contribution in [0.5, 0.6) is 0 Å². The van der Waals surface area contributed by atoms with Crippen molar-refractivity contribution in [3.05, 3.63) is 52.8 Å². The number of aryl methyl sites for hydroxylation is 1. The minimum atomic E-state index is -0.854. The van der Waals surface area contributed by atoms with Crippen LogP contribution < -0.4 is 0 Å². The largest absolute Gasteiger partial charge is 0.384 e. The van der Waals surface area contributed by atoms with Crippen LogP contribution in [-0.2, 0) is 11.3 Å². The molecule has 2 aromatic rings. The lowest BCUT2D eigenvalue weighted by Gasteiger charge is -2.11. The summed E-state index contributed by atoms with van der Waals surface area (Å²) in [6.07, 6.45) is 1.64. The highest BCUT2D eigenvalue weighted by molar-refractivity contribution is 6.21. The number of nitrogens with one attached hydrogen (secondary N) is 1. The minimum Gasteiger partial charge on any atom is -0.322 e. The van der Waals surface area contributed by atoms with Gasteiger partial charge >= 0.3 is 5.97 Å². The van der Waals surface area contributed by atoms with Crippen LogP contribution in [0.15, 0.2) is 30.3 Å². The van der Waals surface area contributed by atoms with E-state index in [2.05, 4.69) is 10.2 Å². The van der Waals surface area contributed by atoms with Crippen molar-refractivity contribution in [2.75, 3.05) is 0 Å². The summed E-state index contributed by atoms with van der Waals surface area (Å²) in [5.74, 6) is -2.16. The molecule has 3 rings (SSSR count). The summed E-state index contributed by atoms with van der Waals surface area (Å²) in [7, 11) is 0. The third-order valence-electron chi connectivity index (χ3n) is 3.29. The number of rotatable bonds is 4. The molecular formula is C15H13N3O4. The first-order chi connectivity index (χ1) is 10.6. The van der Waals surface area contributed by atoms with Gasteiger partial charge in [0.05, 0.1) is 11.1 Å². The van der Waals surface area contributed by atoms with Gasteiger partial charge in [-0.05, 0) is 24.6 Å². The summed E-state index contributed by atoms with van der Waals surface area (Å²) in [4.78, 5) is 41.1. The Labute approximate surface area is 125 Å². The molecular weight excluding hydrogens is 286 g/mol. The van der Waals surface area contributed by atoms with E-state index in [-0.39, 0.29) is 16.8 Å². The van der Waals surface area contributed by atoms with E-state index in [0.717, 1.165) is 18.5 Å². The van der Waals surface area contributed by atoms with Gasteiger partial charge in [0.15, 0.2) is 5.69 Å². The number of nitrogens with zero attached hydrogens (tertiary/aromatic N) is 2. The predicted molar refractivity (Wildman–Crippen MR) is 74.9 cm³/mol. The molecule has 7 nitrogen and oxygen atoms in total. The Bertz CT molecular complexity index is 731. The number of fused-ring (bicyclic) bond motifs is 1. The highest BCUT2D eigenvalue weighted by atomic mass is 16.7. The first-order valence-corrected chi connectivity index (χ1v) is 6.86. The average molecular weight is 299 g/mol. The molecule has 2 heterocycles. The monoisotopic (exact) mass is 299 g/mol. The van der Waals surface area contributed by atoms with E-state index in [9.17, 15) is 14.4 Å². The van der Waals surface area contributed by atoms with E-state index >= 15 is 0 Å². The van der Waals surface area contributed by atoms with Gasteiger partial charge in [-0.15, -0.1) is 0 Å². The average Bonchev–Trinajstić information content (AvgIpc) is 3.08.